The SMILES string of the molecule is CC1CN(C=O)CCN1.Cl.Cl. The maximum atomic E-state index is 10.2. The smallest absolute Gasteiger partial charge is 0.209 e. The molecule has 0 saturated carbocycles. The molecule has 0 aromatic rings. The van der Waals surface area contributed by atoms with Crippen LogP contribution in [0.25, 0.3) is 0 Å². The third kappa shape index (κ3) is 4.45. The van der Waals surface area contributed by atoms with Gasteiger partial charge in [0.15, 0.2) is 0 Å². The summed E-state index contributed by atoms with van der Waals surface area (Å²) in [6, 6.07) is 0.462. The average Bonchev–Trinajstić information content (AvgIpc) is 1.88. The first kappa shape index (κ1) is 13.6. The molecule has 1 aliphatic heterocycles. The fraction of sp³-hybridized carbons (Fsp3) is 0.833. The van der Waals surface area contributed by atoms with Crippen LogP contribution in [0, 0.1) is 0 Å². The third-order valence-electron chi connectivity index (χ3n) is 1.55. The molecule has 0 aromatic heterocycles. The zero-order valence-electron chi connectivity index (χ0n) is 6.45. The second-order valence-electron chi connectivity index (χ2n) is 2.46. The van der Waals surface area contributed by atoms with Crippen molar-refractivity contribution in [2.75, 3.05) is 19.6 Å². The maximum Gasteiger partial charge on any atom is 0.209 e. The van der Waals surface area contributed by atoms with Crippen LogP contribution in [-0.4, -0.2) is 37.0 Å². The Hall–Kier alpha value is 0.01000. The van der Waals surface area contributed by atoms with Crippen molar-refractivity contribution in [1.82, 2.24) is 10.2 Å². The van der Waals surface area contributed by atoms with Gasteiger partial charge < -0.3 is 10.2 Å². The van der Waals surface area contributed by atoms with E-state index < -0.39 is 0 Å². The average molecular weight is 201 g/mol. The van der Waals surface area contributed by atoms with Gasteiger partial charge in [-0.2, -0.15) is 0 Å². The molecule has 1 atom stereocenters. The van der Waals surface area contributed by atoms with E-state index in [9.17, 15) is 4.79 Å². The van der Waals surface area contributed by atoms with Crippen LogP contribution in [0.1, 0.15) is 6.92 Å². The molecule has 1 amide bonds. The summed E-state index contributed by atoms with van der Waals surface area (Å²) in [5, 5.41) is 3.25. The quantitative estimate of drug-likeness (QED) is 0.618. The lowest BCUT2D eigenvalue weighted by molar-refractivity contribution is -0.119. The zero-order chi connectivity index (χ0) is 6.69. The first-order valence-corrected chi connectivity index (χ1v) is 3.25. The molecule has 5 heteroatoms. The molecular weight excluding hydrogens is 187 g/mol. The Kier molecular flexibility index (Phi) is 8.28. The Morgan fingerprint density at radius 2 is 2.18 bits per heavy atom. The van der Waals surface area contributed by atoms with Crippen LogP contribution in [0.2, 0.25) is 0 Å². The molecule has 1 N–H and O–H groups in total. The van der Waals surface area contributed by atoms with Gasteiger partial charge in [0.25, 0.3) is 0 Å². The first-order chi connectivity index (χ1) is 4.33. The highest BCUT2D eigenvalue weighted by Crippen LogP contribution is 1.93. The molecule has 0 spiro atoms. The van der Waals surface area contributed by atoms with Gasteiger partial charge in [0, 0.05) is 25.7 Å². The monoisotopic (exact) mass is 200 g/mol. The fourth-order valence-electron chi connectivity index (χ4n) is 1.06. The summed E-state index contributed by atoms with van der Waals surface area (Å²) in [5.74, 6) is 0. The molecule has 0 radical (unpaired) electrons. The number of rotatable bonds is 1. The Balaban J connectivity index is 0. The number of hydrogen-bond acceptors (Lipinski definition) is 2. The van der Waals surface area contributed by atoms with E-state index in [1.807, 2.05) is 0 Å². The lowest BCUT2D eigenvalue weighted by Gasteiger charge is -2.28. The second kappa shape index (κ2) is 6.70. The van der Waals surface area contributed by atoms with Crippen LogP contribution in [-0.2, 0) is 4.79 Å². The number of piperazine rings is 1. The zero-order valence-corrected chi connectivity index (χ0v) is 8.08. The Morgan fingerprint density at radius 3 is 2.55 bits per heavy atom. The van der Waals surface area contributed by atoms with Crippen molar-refractivity contribution < 1.29 is 4.79 Å². The highest BCUT2D eigenvalue weighted by atomic mass is 35.5. The van der Waals surface area contributed by atoms with Gasteiger partial charge in [-0.05, 0) is 6.92 Å². The summed E-state index contributed by atoms with van der Waals surface area (Å²) in [6.07, 6.45) is 0.914. The van der Waals surface area contributed by atoms with Crippen LogP contribution >= 0.6 is 24.8 Å². The van der Waals surface area contributed by atoms with Crippen LogP contribution in [0.4, 0.5) is 0 Å². The van der Waals surface area contributed by atoms with E-state index in [0.29, 0.717) is 6.04 Å². The van der Waals surface area contributed by atoms with Crippen molar-refractivity contribution in [3.63, 3.8) is 0 Å². The summed E-state index contributed by atoms with van der Waals surface area (Å²) in [4.78, 5) is 12.0. The normalized spacial score (nSPS) is 23.0. The third-order valence-corrected chi connectivity index (χ3v) is 1.55. The number of halogens is 2. The Morgan fingerprint density at radius 1 is 1.55 bits per heavy atom. The summed E-state index contributed by atoms with van der Waals surface area (Å²) in [5.41, 5.74) is 0. The van der Waals surface area contributed by atoms with Gasteiger partial charge in [0.2, 0.25) is 6.41 Å². The lowest BCUT2D eigenvalue weighted by Crippen LogP contribution is -2.48. The fourth-order valence-corrected chi connectivity index (χ4v) is 1.06. The van der Waals surface area contributed by atoms with Crippen LogP contribution in [0.15, 0.2) is 0 Å². The van der Waals surface area contributed by atoms with E-state index in [4.69, 9.17) is 0 Å². The van der Waals surface area contributed by atoms with Crippen molar-refractivity contribution in [3.8, 4) is 0 Å². The summed E-state index contributed by atoms with van der Waals surface area (Å²) in [7, 11) is 0. The van der Waals surface area contributed by atoms with Crippen LogP contribution in [0.3, 0.4) is 0 Å². The molecule has 1 unspecified atom stereocenters. The molecule has 0 bridgehead atoms. The Bertz CT molecular complexity index is 113. The standard InChI is InChI=1S/C6H12N2O.2ClH/c1-6-4-8(5-9)3-2-7-6;;/h5-7H,2-4H2,1H3;2*1H. The van der Waals surface area contributed by atoms with Crippen LogP contribution in [0.5, 0.6) is 0 Å². The number of nitrogens with one attached hydrogen (secondary N) is 1. The minimum atomic E-state index is 0. The van der Waals surface area contributed by atoms with Gasteiger partial charge in [-0.25, -0.2) is 0 Å². The molecular formula is C6H14Cl2N2O. The largest absolute Gasteiger partial charge is 0.342 e. The van der Waals surface area contributed by atoms with Crippen molar-refractivity contribution in [3.05, 3.63) is 0 Å². The molecule has 3 nitrogen and oxygen atoms in total. The maximum absolute atomic E-state index is 10.2. The second-order valence-corrected chi connectivity index (χ2v) is 2.46. The molecule has 1 heterocycles. The number of carbonyl (C=O) groups is 1. The molecule has 1 aliphatic rings. The van der Waals surface area contributed by atoms with E-state index in [1.165, 1.54) is 0 Å². The van der Waals surface area contributed by atoms with E-state index in [1.54, 1.807) is 4.90 Å². The van der Waals surface area contributed by atoms with E-state index in [-0.39, 0.29) is 24.8 Å². The van der Waals surface area contributed by atoms with Crippen molar-refractivity contribution in [2.24, 2.45) is 0 Å². The molecule has 1 fully saturated rings. The highest BCUT2D eigenvalue weighted by Gasteiger charge is 2.12. The number of carbonyl (C=O) groups excluding carboxylic acids is 1. The number of amides is 1. The molecule has 0 aromatic carbocycles. The Labute approximate surface area is 79.3 Å². The lowest BCUT2D eigenvalue weighted by atomic mass is 10.2. The van der Waals surface area contributed by atoms with Crippen molar-refractivity contribution in [1.29, 1.82) is 0 Å². The predicted molar refractivity (Wildman–Crippen MR) is 49.6 cm³/mol. The molecule has 1 rings (SSSR count). The minimum absolute atomic E-state index is 0. The van der Waals surface area contributed by atoms with Gasteiger partial charge in [-0.1, -0.05) is 0 Å². The molecule has 1 saturated heterocycles. The van der Waals surface area contributed by atoms with Crippen LogP contribution < -0.4 is 5.32 Å². The summed E-state index contributed by atoms with van der Waals surface area (Å²) in [6.45, 7) is 4.72. The summed E-state index contributed by atoms with van der Waals surface area (Å²) < 4.78 is 0. The van der Waals surface area contributed by atoms with E-state index >= 15 is 0 Å². The van der Waals surface area contributed by atoms with Crippen molar-refractivity contribution >= 4 is 31.2 Å². The predicted octanol–water partition coefficient (Wildman–Crippen LogP) is 0.280. The van der Waals surface area contributed by atoms with Gasteiger partial charge in [0.05, 0.1) is 0 Å². The first-order valence-electron chi connectivity index (χ1n) is 3.25. The van der Waals surface area contributed by atoms with Gasteiger partial charge in [0.1, 0.15) is 0 Å². The summed E-state index contributed by atoms with van der Waals surface area (Å²) >= 11 is 0. The van der Waals surface area contributed by atoms with Gasteiger partial charge in [-0.3, -0.25) is 4.79 Å². The minimum Gasteiger partial charge on any atom is -0.342 e. The molecule has 68 valence electrons. The number of hydrogen-bond donors (Lipinski definition) is 1. The molecule has 0 aliphatic carbocycles. The highest BCUT2D eigenvalue weighted by molar-refractivity contribution is 5.85. The van der Waals surface area contributed by atoms with Crippen molar-refractivity contribution in [2.45, 2.75) is 13.0 Å². The number of nitrogens with zero attached hydrogens (tertiary/aromatic N) is 1. The van der Waals surface area contributed by atoms with Gasteiger partial charge >= 0.3 is 0 Å². The van der Waals surface area contributed by atoms with E-state index in [2.05, 4.69) is 12.2 Å². The van der Waals surface area contributed by atoms with Gasteiger partial charge in [-0.15, -0.1) is 24.8 Å². The topological polar surface area (TPSA) is 32.3 Å². The molecule has 11 heavy (non-hydrogen) atoms. The van der Waals surface area contributed by atoms with E-state index in [0.717, 1.165) is 26.0 Å².